The Morgan fingerprint density at radius 3 is 2.45 bits per heavy atom. The maximum absolute atomic E-state index is 12.9. The Morgan fingerprint density at radius 1 is 0.935 bits per heavy atom. The number of para-hydroxylation sites is 1. The molecule has 154 valence electrons. The number of amides is 1. The van der Waals surface area contributed by atoms with Crippen molar-refractivity contribution in [2.24, 2.45) is 0 Å². The molecule has 0 atom stereocenters. The number of carbonyl (C=O) groups excluding carboxylic acids is 1. The fraction of sp³-hybridized carbons (Fsp3) is 0.192. The molecule has 0 bridgehead atoms. The minimum absolute atomic E-state index is 0.169. The Balaban J connectivity index is 1.32. The van der Waals surface area contributed by atoms with Gasteiger partial charge >= 0.3 is 0 Å². The lowest BCUT2D eigenvalue weighted by molar-refractivity contribution is -0.130. The van der Waals surface area contributed by atoms with Crippen LogP contribution in [0.5, 0.6) is 0 Å². The van der Waals surface area contributed by atoms with Crippen molar-refractivity contribution >= 4 is 22.6 Å². The van der Waals surface area contributed by atoms with Crippen LogP contribution in [0.4, 0.5) is 0 Å². The number of hydrogen-bond acceptors (Lipinski definition) is 3. The average molecular weight is 409 g/mol. The molecule has 5 nitrogen and oxygen atoms in total. The minimum Gasteiger partial charge on any atom is -0.339 e. The van der Waals surface area contributed by atoms with E-state index >= 15 is 0 Å². The van der Waals surface area contributed by atoms with Crippen LogP contribution >= 0.6 is 0 Å². The zero-order valence-electron chi connectivity index (χ0n) is 17.3. The van der Waals surface area contributed by atoms with E-state index in [-0.39, 0.29) is 5.91 Å². The molecule has 2 aromatic carbocycles. The predicted molar refractivity (Wildman–Crippen MR) is 123 cm³/mol. The third kappa shape index (κ3) is 3.99. The molecule has 4 aromatic rings. The second kappa shape index (κ2) is 8.56. The van der Waals surface area contributed by atoms with Gasteiger partial charge < -0.3 is 4.90 Å². The van der Waals surface area contributed by atoms with Crippen LogP contribution < -0.4 is 0 Å². The van der Waals surface area contributed by atoms with Crippen LogP contribution in [0, 0.1) is 0 Å². The van der Waals surface area contributed by atoms with Crippen molar-refractivity contribution < 1.29 is 4.79 Å². The quantitative estimate of drug-likeness (QED) is 0.482. The van der Waals surface area contributed by atoms with Gasteiger partial charge in [-0.15, -0.1) is 0 Å². The molecule has 31 heavy (non-hydrogen) atoms. The molecule has 0 fully saturated rings. The minimum atomic E-state index is 0.169. The number of carbonyl (C=O) groups is 1. The van der Waals surface area contributed by atoms with Crippen LogP contribution in [-0.2, 0) is 11.2 Å². The summed E-state index contributed by atoms with van der Waals surface area (Å²) in [7, 11) is 0. The van der Waals surface area contributed by atoms with E-state index < -0.39 is 0 Å². The Morgan fingerprint density at radius 2 is 1.71 bits per heavy atom. The summed E-state index contributed by atoms with van der Waals surface area (Å²) in [6, 6.07) is 24.3. The van der Waals surface area contributed by atoms with E-state index in [0.717, 1.165) is 35.6 Å². The van der Waals surface area contributed by atoms with Crippen molar-refractivity contribution in [3.05, 3.63) is 96.5 Å². The second-order valence-corrected chi connectivity index (χ2v) is 7.73. The van der Waals surface area contributed by atoms with Gasteiger partial charge in [-0.05, 0) is 41.8 Å². The molecule has 1 amide bonds. The van der Waals surface area contributed by atoms with Gasteiger partial charge in [0, 0.05) is 37.8 Å². The molecule has 5 heteroatoms. The summed E-state index contributed by atoms with van der Waals surface area (Å²) in [6.45, 7) is 1.43. The summed E-state index contributed by atoms with van der Waals surface area (Å²) in [4.78, 5) is 24.2. The Hall–Kier alpha value is -3.73. The van der Waals surface area contributed by atoms with Gasteiger partial charge in [-0.3, -0.25) is 9.36 Å². The first-order valence-corrected chi connectivity index (χ1v) is 10.7. The highest BCUT2D eigenvalue weighted by atomic mass is 16.2. The van der Waals surface area contributed by atoms with E-state index in [4.69, 9.17) is 4.98 Å². The zero-order chi connectivity index (χ0) is 21.0. The molecule has 3 heterocycles. The monoisotopic (exact) mass is 408 g/mol. The highest BCUT2D eigenvalue weighted by Gasteiger charge is 2.20. The smallest absolute Gasteiger partial charge is 0.223 e. The van der Waals surface area contributed by atoms with Crippen molar-refractivity contribution in [3.8, 4) is 5.69 Å². The van der Waals surface area contributed by atoms with Crippen molar-refractivity contribution in [2.45, 2.75) is 19.3 Å². The number of pyridine rings is 1. The summed E-state index contributed by atoms with van der Waals surface area (Å²) in [6.07, 6.45) is 5.87. The summed E-state index contributed by atoms with van der Waals surface area (Å²) in [5.41, 5.74) is 5.26. The lowest BCUT2D eigenvalue weighted by Gasteiger charge is -2.26. The van der Waals surface area contributed by atoms with Crippen LogP contribution in [0.2, 0.25) is 0 Å². The number of fused-ring (bicyclic) bond motifs is 1. The summed E-state index contributed by atoms with van der Waals surface area (Å²) in [5.74, 6) is 1.04. The number of nitrogens with zero attached hydrogens (tertiary/aromatic N) is 4. The molecule has 0 aliphatic carbocycles. The predicted octanol–water partition coefficient (Wildman–Crippen LogP) is 4.67. The second-order valence-electron chi connectivity index (χ2n) is 7.73. The lowest BCUT2D eigenvalue weighted by atomic mass is 9.99. The van der Waals surface area contributed by atoms with Gasteiger partial charge in [-0.25, -0.2) is 9.97 Å². The average Bonchev–Trinajstić information content (AvgIpc) is 3.22. The lowest BCUT2D eigenvalue weighted by Crippen LogP contribution is -2.34. The first-order chi connectivity index (χ1) is 15.3. The van der Waals surface area contributed by atoms with Gasteiger partial charge in [0.2, 0.25) is 5.91 Å². The van der Waals surface area contributed by atoms with E-state index in [1.165, 1.54) is 11.1 Å². The van der Waals surface area contributed by atoms with E-state index in [1.807, 2.05) is 53.4 Å². The number of aryl methyl sites for hydroxylation is 1. The number of benzene rings is 2. The molecule has 5 rings (SSSR count). The fourth-order valence-corrected chi connectivity index (χ4v) is 4.16. The van der Waals surface area contributed by atoms with Crippen LogP contribution in [0.1, 0.15) is 24.2 Å². The molecule has 1 aliphatic heterocycles. The van der Waals surface area contributed by atoms with Gasteiger partial charge in [0.05, 0.1) is 0 Å². The molecule has 0 spiro atoms. The molecular weight excluding hydrogens is 384 g/mol. The zero-order valence-corrected chi connectivity index (χ0v) is 17.3. The Kier molecular flexibility index (Phi) is 5.31. The van der Waals surface area contributed by atoms with E-state index in [9.17, 15) is 4.79 Å². The van der Waals surface area contributed by atoms with Gasteiger partial charge in [-0.1, -0.05) is 54.6 Å². The van der Waals surface area contributed by atoms with Gasteiger partial charge in [0.1, 0.15) is 11.3 Å². The van der Waals surface area contributed by atoms with Crippen molar-refractivity contribution in [1.82, 2.24) is 19.4 Å². The van der Waals surface area contributed by atoms with Crippen molar-refractivity contribution in [3.63, 3.8) is 0 Å². The van der Waals surface area contributed by atoms with Crippen molar-refractivity contribution in [1.29, 1.82) is 0 Å². The normalized spacial score (nSPS) is 13.9. The molecule has 2 aromatic heterocycles. The Bertz CT molecular complexity index is 1230. The summed E-state index contributed by atoms with van der Waals surface area (Å²) >= 11 is 0. The van der Waals surface area contributed by atoms with E-state index in [0.29, 0.717) is 19.4 Å². The molecule has 1 aliphatic rings. The number of imidazole rings is 1. The first-order valence-electron chi connectivity index (χ1n) is 10.7. The molecule has 0 saturated carbocycles. The number of hydrogen-bond donors (Lipinski definition) is 0. The first kappa shape index (κ1) is 19.2. The highest BCUT2D eigenvalue weighted by molar-refractivity contribution is 5.79. The molecule has 0 unspecified atom stereocenters. The summed E-state index contributed by atoms with van der Waals surface area (Å²) in [5, 5.41) is 0. The number of aromatic nitrogens is 3. The topological polar surface area (TPSA) is 51.0 Å². The maximum atomic E-state index is 12.9. The van der Waals surface area contributed by atoms with E-state index in [2.05, 4.69) is 39.9 Å². The fourth-order valence-electron chi connectivity index (χ4n) is 4.16. The SMILES string of the molecule is O=C(CCc1nc2cccnc2n1-c1ccccc1)N1CC=C(c2ccccc2)CC1. The van der Waals surface area contributed by atoms with Crippen molar-refractivity contribution in [2.75, 3.05) is 13.1 Å². The molecule has 0 saturated heterocycles. The number of rotatable bonds is 5. The van der Waals surface area contributed by atoms with Gasteiger partial charge in [-0.2, -0.15) is 0 Å². The Labute approximate surface area is 181 Å². The molecule has 0 radical (unpaired) electrons. The standard InChI is InChI=1S/C26H24N4O/c31-25(29-18-15-21(16-19-29)20-8-3-1-4-9-20)14-13-24-28-23-12-7-17-27-26(23)30(24)22-10-5-2-6-11-22/h1-12,15,17H,13-14,16,18-19H2. The third-order valence-corrected chi connectivity index (χ3v) is 5.77. The van der Waals surface area contributed by atoms with Crippen LogP contribution in [0.3, 0.4) is 0 Å². The van der Waals surface area contributed by atoms with Crippen LogP contribution in [-0.4, -0.2) is 38.4 Å². The van der Waals surface area contributed by atoms with Gasteiger partial charge in [0.15, 0.2) is 5.65 Å². The maximum Gasteiger partial charge on any atom is 0.223 e. The van der Waals surface area contributed by atoms with Crippen LogP contribution in [0.25, 0.3) is 22.4 Å². The molecule has 0 N–H and O–H groups in total. The third-order valence-electron chi connectivity index (χ3n) is 5.77. The van der Waals surface area contributed by atoms with Gasteiger partial charge in [0.25, 0.3) is 0 Å². The van der Waals surface area contributed by atoms with Crippen LogP contribution in [0.15, 0.2) is 85.1 Å². The highest BCUT2D eigenvalue weighted by Crippen LogP contribution is 2.24. The van der Waals surface area contributed by atoms with E-state index in [1.54, 1.807) is 6.20 Å². The molecular formula is C26H24N4O. The summed E-state index contributed by atoms with van der Waals surface area (Å²) < 4.78 is 2.06. The largest absolute Gasteiger partial charge is 0.339 e.